The van der Waals surface area contributed by atoms with Gasteiger partial charge in [-0.3, -0.25) is 0 Å². The minimum atomic E-state index is 0.491. The van der Waals surface area contributed by atoms with E-state index in [2.05, 4.69) is 50.3 Å². The lowest BCUT2D eigenvalue weighted by molar-refractivity contribution is 0.304. The third kappa shape index (κ3) is 7.35. The van der Waals surface area contributed by atoms with Crippen LogP contribution in [0.3, 0.4) is 0 Å². The van der Waals surface area contributed by atoms with Gasteiger partial charge in [-0.25, -0.2) is 0 Å². The first kappa shape index (κ1) is 12.0. The normalized spacial score (nSPS) is 10.6. The molecule has 1 nitrogen and oxygen atoms in total. The van der Waals surface area contributed by atoms with E-state index in [4.69, 9.17) is 0 Å². The topological polar surface area (TPSA) is 3.24 Å². The summed E-state index contributed by atoms with van der Waals surface area (Å²) in [5, 5.41) is 0. The minimum absolute atomic E-state index is 0.491. The Labute approximate surface area is 86.9 Å². The van der Waals surface area contributed by atoms with Crippen LogP contribution >= 0.6 is 31.5 Å². The molecule has 0 unspecified atom stereocenters. The van der Waals surface area contributed by atoms with Crippen LogP contribution in [0.2, 0.25) is 6.32 Å². The second-order valence-electron chi connectivity index (χ2n) is 2.56. The van der Waals surface area contributed by atoms with Crippen molar-refractivity contribution in [3.05, 3.63) is 0 Å². The molecule has 0 saturated carbocycles. The van der Waals surface area contributed by atoms with E-state index < -0.39 is 0 Å². The molecule has 0 aliphatic rings. The van der Waals surface area contributed by atoms with Gasteiger partial charge in [0.15, 0.2) is 0 Å². The van der Waals surface area contributed by atoms with E-state index in [0.29, 0.717) is 4.36 Å². The molecule has 0 spiro atoms. The Morgan fingerprint density at radius 1 is 1.18 bits per heavy atom. The molecule has 11 heavy (non-hydrogen) atoms. The van der Waals surface area contributed by atoms with Gasteiger partial charge in [-0.05, 0) is 26.1 Å². The van der Waals surface area contributed by atoms with Crippen molar-refractivity contribution >= 4 is 35.9 Å². The number of halogens is 2. The highest BCUT2D eigenvalue weighted by Gasteiger charge is 2.04. The summed E-state index contributed by atoms with van der Waals surface area (Å²) in [7, 11) is 0. The Bertz CT molecular complexity index is 86.5. The Morgan fingerprint density at radius 2 is 1.73 bits per heavy atom. The molecule has 0 N–H and O–H groups in total. The fraction of sp³-hybridized carbons (Fsp3) is 1.00. The second kappa shape index (κ2) is 7.62. The molecule has 0 fully saturated rings. The van der Waals surface area contributed by atoms with Crippen molar-refractivity contribution in [2.75, 3.05) is 19.6 Å². The van der Waals surface area contributed by atoms with Crippen molar-refractivity contribution in [1.82, 2.24) is 4.90 Å². The average molecular weight is 285 g/mol. The summed E-state index contributed by atoms with van der Waals surface area (Å²) in [6.07, 6.45) is 2.47. The molecule has 0 radical (unpaired) electrons. The molecule has 0 heterocycles. The van der Waals surface area contributed by atoms with Gasteiger partial charge in [-0.1, -0.05) is 20.2 Å². The molecule has 66 valence electrons. The molecule has 0 aliphatic carbocycles. The molecule has 0 aromatic rings. The van der Waals surface area contributed by atoms with Crippen LogP contribution in [-0.4, -0.2) is 28.9 Å². The number of rotatable bonds is 6. The molecular formula is C7H16BBr2N. The van der Waals surface area contributed by atoms with E-state index in [1.165, 1.54) is 32.4 Å². The smallest absolute Gasteiger partial charge is 0.298 e. The SMILES string of the molecule is CCN(CC)CCCB(Br)Br. The maximum absolute atomic E-state index is 3.47. The summed E-state index contributed by atoms with van der Waals surface area (Å²) in [6.45, 7) is 7.99. The maximum atomic E-state index is 3.47. The summed E-state index contributed by atoms with van der Waals surface area (Å²) in [6, 6.07) is 0. The third-order valence-electron chi connectivity index (χ3n) is 1.79. The van der Waals surface area contributed by atoms with E-state index in [1.807, 2.05) is 0 Å². The average Bonchev–Trinajstić information content (AvgIpc) is 1.98. The lowest BCUT2D eigenvalue weighted by Gasteiger charge is -2.17. The van der Waals surface area contributed by atoms with Gasteiger partial charge in [-0.15, -0.1) is 31.5 Å². The van der Waals surface area contributed by atoms with Crippen molar-refractivity contribution < 1.29 is 0 Å². The largest absolute Gasteiger partial charge is 0.304 e. The number of hydrogen-bond acceptors (Lipinski definition) is 1. The van der Waals surface area contributed by atoms with Crippen molar-refractivity contribution in [3.63, 3.8) is 0 Å². The van der Waals surface area contributed by atoms with Crippen molar-refractivity contribution in [1.29, 1.82) is 0 Å². The summed E-state index contributed by atoms with van der Waals surface area (Å²) >= 11 is 6.93. The summed E-state index contributed by atoms with van der Waals surface area (Å²) < 4.78 is 0.491. The van der Waals surface area contributed by atoms with Crippen molar-refractivity contribution in [3.8, 4) is 0 Å². The van der Waals surface area contributed by atoms with Crippen LogP contribution in [0.1, 0.15) is 20.3 Å². The van der Waals surface area contributed by atoms with Gasteiger partial charge < -0.3 is 4.90 Å². The second-order valence-corrected chi connectivity index (χ2v) is 6.00. The highest BCUT2D eigenvalue weighted by Crippen LogP contribution is 2.11. The summed E-state index contributed by atoms with van der Waals surface area (Å²) in [5.74, 6) is 0. The lowest BCUT2D eigenvalue weighted by atomic mass is 10.0. The van der Waals surface area contributed by atoms with Crippen LogP contribution in [0.25, 0.3) is 0 Å². The quantitative estimate of drug-likeness (QED) is 0.678. The Morgan fingerprint density at radius 3 is 2.09 bits per heavy atom. The van der Waals surface area contributed by atoms with Crippen LogP contribution < -0.4 is 0 Å². The van der Waals surface area contributed by atoms with Crippen LogP contribution in [0.15, 0.2) is 0 Å². The first-order chi connectivity index (χ1) is 5.20. The molecule has 0 amide bonds. The van der Waals surface area contributed by atoms with E-state index in [1.54, 1.807) is 0 Å². The monoisotopic (exact) mass is 283 g/mol. The van der Waals surface area contributed by atoms with E-state index in [0.717, 1.165) is 0 Å². The van der Waals surface area contributed by atoms with E-state index >= 15 is 0 Å². The molecule has 0 saturated heterocycles. The van der Waals surface area contributed by atoms with Crippen molar-refractivity contribution in [2.24, 2.45) is 0 Å². The van der Waals surface area contributed by atoms with Gasteiger partial charge >= 0.3 is 0 Å². The molecule has 0 atom stereocenters. The van der Waals surface area contributed by atoms with Crippen LogP contribution in [0.5, 0.6) is 0 Å². The lowest BCUT2D eigenvalue weighted by Crippen LogP contribution is -2.24. The fourth-order valence-corrected chi connectivity index (χ4v) is 1.66. The Hall–Kier alpha value is 0.985. The van der Waals surface area contributed by atoms with Crippen LogP contribution in [0.4, 0.5) is 0 Å². The van der Waals surface area contributed by atoms with E-state index in [9.17, 15) is 0 Å². The zero-order valence-corrected chi connectivity index (χ0v) is 10.5. The maximum Gasteiger partial charge on any atom is 0.298 e. The third-order valence-corrected chi connectivity index (χ3v) is 2.71. The molecule has 0 aromatic heterocycles. The Balaban J connectivity index is 3.21. The predicted molar refractivity (Wildman–Crippen MR) is 60.8 cm³/mol. The van der Waals surface area contributed by atoms with E-state index in [-0.39, 0.29) is 0 Å². The molecule has 0 aliphatic heterocycles. The van der Waals surface area contributed by atoms with Crippen LogP contribution in [0, 0.1) is 0 Å². The highest BCUT2D eigenvalue weighted by atomic mass is 79.9. The van der Waals surface area contributed by atoms with Gasteiger partial charge in [0.25, 0.3) is 4.36 Å². The van der Waals surface area contributed by atoms with Gasteiger partial charge in [0.1, 0.15) is 0 Å². The van der Waals surface area contributed by atoms with Gasteiger partial charge in [-0.2, -0.15) is 0 Å². The number of hydrogen-bond donors (Lipinski definition) is 0. The molecule has 4 heteroatoms. The molecule has 0 aromatic carbocycles. The zero-order chi connectivity index (χ0) is 8.69. The van der Waals surface area contributed by atoms with Crippen molar-refractivity contribution in [2.45, 2.75) is 26.6 Å². The summed E-state index contributed by atoms with van der Waals surface area (Å²) in [4.78, 5) is 2.45. The van der Waals surface area contributed by atoms with Crippen LogP contribution in [-0.2, 0) is 0 Å². The molecule has 0 rings (SSSR count). The predicted octanol–water partition coefficient (Wildman–Crippen LogP) is 3.00. The van der Waals surface area contributed by atoms with Gasteiger partial charge in [0, 0.05) is 0 Å². The Kier molecular flexibility index (Phi) is 8.31. The van der Waals surface area contributed by atoms with Gasteiger partial charge in [0.05, 0.1) is 0 Å². The minimum Gasteiger partial charge on any atom is -0.304 e. The highest BCUT2D eigenvalue weighted by molar-refractivity contribution is 9.49. The molecule has 0 bridgehead atoms. The standard InChI is InChI=1S/C7H16BBr2N/c1-3-11(4-2)7-5-6-8(9)10/h3-7H2,1-2H3. The zero-order valence-electron chi connectivity index (χ0n) is 7.32. The molecular weight excluding hydrogens is 269 g/mol. The number of nitrogens with zero attached hydrogens (tertiary/aromatic N) is 1. The first-order valence-corrected chi connectivity index (χ1v) is 6.04. The van der Waals surface area contributed by atoms with Gasteiger partial charge in [0.2, 0.25) is 0 Å². The summed E-state index contributed by atoms with van der Waals surface area (Å²) in [5.41, 5.74) is 0. The fourth-order valence-electron chi connectivity index (χ4n) is 1.01. The first-order valence-electron chi connectivity index (χ1n) is 4.21.